The van der Waals surface area contributed by atoms with Crippen molar-refractivity contribution in [1.82, 2.24) is 20.2 Å². The van der Waals surface area contributed by atoms with Crippen LogP contribution in [0.1, 0.15) is 23.6 Å². The fourth-order valence-electron chi connectivity index (χ4n) is 2.65. The molecule has 2 aromatic carbocycles. The van der Waals surface area contributed by atoms with Gasteiger partial charge in [-0.15, -0.1) is 10.2 Å². The topological polar surface area (TPSA) is 67.6 Å². The third-order valence-electron chi connectivity index (χ3n) is 4.05. The van der Waals surface area contributed by atoms with Crippen molar-refractivity contribution >= 4 is 27.7 Å². The Bertz CT molecular complexity index is 1060. The fraction of sp³-hybridized carbons (Fsp3) is 0.150. The van der Waals surface area contributed by atoms with Gasteiger partial charge < -0.3 is 9.40 Å². The van der Waals surface area contributed by atoms with Crippen LogP contribution in [0.4, 0.5) is 0 Å². The van der Waals surface area contributed by atoms with Crippen molar-refractivity contribution in [3.05, 3.63) is 70.7 Å². The zero-order valence-electron chi connectivity index (χ0n) is 14.8. The highest BCUT2D eigenvalue weighted by molar-refractivity contribution is 9.10. The maximum absolute atomic E-state index is 5.87. The Morgan fingerprint density at radius 3 is 2.67 bits per heavy atom. The van der Waals surface area contributed by atoms with Crippen LogP contribution in [0.5, 0.6) is 0 Å². The number of imidazole rings is 1. The third kappa shape index (κ3) is 4.14. The standard InChI is InChI=1S/C20H17BrN4OS/c1-12-4-3-5-15(10-12)19-25-24-18(26-19)13(2)27-20-22-11-17(23-20)14-6-8-16(21)9-7-14/h3-11,13H,1-2H3,(H,22,23). The number of H-pyrrole nitrogens is 1. The Balaban J connectivity index is 1.48. The normalized spacial score (nSPS) is 12.3. The summed E-state index contributed by atoms with van der Waals surface area (Å²) in [5.41, 5.74) is 4.15. The monoisotopic (exact) mass is 440 g/mol. The van der Waals surface area contributed by atoms with Gasteiger partial charge in [-0.2, -0.15) is 0 Å². The molecule has 0 aliphatic rings. The van der Waals surface area contributed by atoms with Gasteiger partial charge in [0, 0.05) is 10.0 Å². The molecule has 4 rings (SSSR count). The minimum absolute atomic E-state index is 0.0139. The number of halogens is 1. The molecule has 136 valence electrons. The number of benzene rings is 2. The molecule has 0 bridgehead atoms. The first kappa shape index (κ1) is 18.0. The van der Waals surface area contributed by atoms with Crippen LogP contribution in [0, 0.1) is 6.92 Å². The van der Waals surface area contributed by atoms with Gasteiger partial charge in [0.2, 0.25) is 11.8 Å². The molecule has 0 spiro atoms. The molecule has 0 aliphatic carbocycles. The molecule has 1 atom stereocenters. The SMILES string of the molecule is Cc1cccc(-c2nnc(C(C)Sc3ncc(-c4ccc(Br)cc4)[nH]3)o2)c1. The van der Waals surface area contributed by atoms with Crippen molar-refractivity contribution in [2.24, 2.45) is 0 Å². The number of hydrogen-bond donors (Lipinski definition) is 1. The molecule has 0 radical (unpaired) electrons. The fourth-order valence-corrected chi connectivity index (χ4v) is 3.73. The number of thioether (sulfide) groups is 1. The van der Waals surface area contributed by atoms with E-state index in [1.54, 1.807) is 11.8 Å². The van der Waals surface area contributed by atoms with E-state index in [4.69, 9.17) is 4.42 Å². The van der Waals surface area contributed by atoms with Crippen LogP contribution in [0.2, 0.25) is 0 Å². The van der Waals surface area contributed by atoms with E-state index in [-0.39, 0.29) is 5.25 Å². The number of nitrogens with zero attached hydrogens (tertiary/aromatic N) is 3. The van der Waals surface area contributed by atoms with Crippen molar-refractivity contribution in [2.45, 2.75) is 24.3 Å². The Labute approximate surface area is 169 Å². The van der Waals surface area contributed by atoms with Gasteiger partial charge in [0.1, 0.15) is 0 Å². The van der Waals surface area contributed by atoms with Crippen LogP contribution in [0.3, 0.4) is 0 Å². The van der Waals surface area contributed by atoms with E-state index in [2.05, 4.69) is 36.1 Å². The first-order valence-corrected chi connectivity index (χ1v) is 10.1. The van der Waals surface area contributed by atoms with Gasteiger partial charge in [-0.3, -0.25) is 0 Å². The minimum atomic E-state index is -0.0139. The summed E-state index contributed by atoms with van der Waals surface area (Å²) in [6, 6.07) is 16.1. The molecule has 5 nitrogen and oxygen atoms in total. The Morgan fingerprint density at radius 1 is 1.07 bits per heavy atom. The van der Waals surface area contributed by atoms with Gasteiger partial charge in [0.25, 0.3) is 0 Å². The van der Waals surface area contributed by atoms with Gasteiger partial charge in [0.15, 0.2) is 5.16 Å². The maximum atomic E-state index is 5.87. The first-order valence-electron chi connectivity index (χ1n) is 8.46. The molecule has 2 aromatic heterocycles. The van der Waals surface area contributed by atoms with Gasteiger partial charge in [0.05, 0.1) is 17.1 Å². The molecule has 0 amide bonds. The van der Waals surface area contributed by atoms with E-state index in [1.165, 1.54) is 0 Å². The summed E-state index contributed by atoms with van der Waals surface area (Å²) in [6.45, 7) is 4.07. The lowest BCUT2D eigenvalue weighted by atomic mass is 10.1. The van der Waals surface area contributed by atoms with Crippen molar-refractivity contribution in [1.29, 1.82) is 0 Å². The smallest absolute Gasteiger partial charge is 0.247 e. The first-order chi connectivity index (χ1) is 13.1. The Kier molecular flexibility index (Phi) is 5.13. The predicted molar refractivity (Wildman–Crippen MR) is 110 cm³/mol. The number of aromatic nitrogens is 4. The summed E-state index contributed by atoms with van der Waals surface area (Å²) in [6.07, 6.45) is 1.84. The summed E-state index contributed by atoms with van der Waals surface area (Å²) in [7, 11) is 0. The molecule has 0 aliphatic heterocycles. The summed E-state index contributed by atoms with van der Waals surface area (Å²) >= 11 is 5.01. The second kappa shape index (κ2) is 7.70. The third-order valence-corrected chi connectivity index (χ3v) is 5.56. The van der Waals surface area contributed by atoms with Crippen molar-refractivity contribution in [2.75, 3.05) is 0 Å². The van der Waals surface area contributed by atoms with E-state index in [1.807, 2.05) is 68.6 Å². The Morgan fingerprint density at radius 2 is 1.89 bits per heavy atom. The number of aryl methyl sites for hydroxylation is 1. The van der Waals surface area contributed by atoms with Crippen molar-refractivity contribution < 1.29 is 4.42 Å². The zero-order valence-corrected chi connectivity index (χ0v) is 17.2. The highest BCUT2D eigenvalue weighted by Crippen LogP contribution is 2.34. The lowest BCUT2D eigenvalue weighted by Crippen LogP contribution is -1.89. The summed E-state index contributed by atoms with van der Waals surface area (Å²) < 4.78 is 6.92. The molecular weight excluding hydrogens is 424 g/mol. The molecule has 0 saturated heterocycles. The van der Waals surface area contributed by atoms with E-state index >= 15 is 0 Å². The van der Waals surface area contributed by atoms with E-state index in [0.717, 1.165) is 32.0 Å². The molecule has 4 aromatic rings. The highest BCUT2D eigenvalue weighted by atomic mass is 79.9. The molecule has 27 heavy (non-hydrogen) atoms. The number of rotatable bonds is 5. The van der Waals surface area contributed by atoms with Gasteiger partial charge in [-0.25, -0.2) is 4.98 Å². The van der Waals surface area contributed by atoms with Crippen LogP contribution < -0.4 is 0 Å². The van der Waals surface area contributed by atoms with E-state index < -0.39 is 0 Å². The number of hydrogen-bond acceptors (Lipinski definition) is 5. The molecule has 0 saturated carbocycles. The van der Waals surface area contributed by atoms with Crippen LogP contribution in [0.25, 0.3) is 22.7 Å². The maximum Gasteiger partial charge on any atom is 0.247 e. The van der Waals surface area contributed by atoms with Crippen molar-refractivity contribution in [3.8, 4) is 22.7 Å². The largest absolute Gasteiger partial charge is 0.419 e. The lowest BCUT2D eigenvalue weighted by molar-refractivity contribution is 0.509. The number of aromatic amines is 1. The van der Waals surface area contributed by atoms with E-state index in [0.29, 0.717) is 11.8 Å². The average molecular weight is 441 g/mol. The van der Waals surface area contributed by atoms with Crippen LogP contribution >= 0.6 is 27.7 Å². The second-order valence-corrected chi connectivity index (χ2v) is 8.43. The van der Waals surface area contributed by atoms with E-state index in [9.17, 15) is 0 Å². The van der Waals surface area contributed by atoms with Crippen molar-refractivity contribution in [3.63, 3.8) is 0 Å². The van der Waals surface area contributed by atoms with Gasteiger partial charge in [-0.05, 0) is 43.7 Å². The van der Waals surface area contributed by atoms with Crippen LogP contribution in [-0.2, 0) is 0 Å². The Hall–Kier alpha value is -2.38. The molecule has 1 N–H and O–H groups in total. The molecule has 7 heteroatoms. The quantitative estimate of drug-likeness (QED) is 0.382. The molecular formula is C20H17BrN4OS. The molecule has 0 fully saturated rings. The summed E-state index contributed by atoms with van der Waals surface area (Å²) in [4.78, 5) is 7.81. The predicted octanol–water partition coefficient (Wildman–Crippen LogP) is 6.05. The van der Waals surface area contributed by atoms with Crippen LogP contribution in [0.15, 0.2) is 68.8 Å². The second-order valence-electron chi connectivity index (χ2n) is 6.18. The molecule has 1 unspecified atom stereocenters. The lowest BCUT2D eigenvalue weighted by Gasteiger charge is -2.03. The highest BCUT2D eigenvalue weighted by Gasteiger charge is 2.18. The summed E-state index contributed by atoms with van der Waals surface area (Å²) in [5, 5.41) is 9.20. The summed E-state index contributed by atoms with van der Waals surface area (Å²) in [5.74, 6) is 1.12. The van der Waals surface area contributed by atoms with Gasteiger partial charge >= 0.3 is 0 Å². The number of nitrogens with one attached hydrogen (secondary N) is 1. The molecule has 2 heterocycles. The van der Waals surface area contributed by atoms with Gasteiger partial charge in [-0.1, -0.05) is 57.5 Å². The van der Waals surface area contributed by atoms with Crippen LogP contribution in [-0.4, -0.2) is 20.2 Å². The minimum Gasteiger partial charge on any atom is -0.419 e. The zero-order chi connectivity index (χ0) is 18.8. The average Bonchev–Trinajstić information content (AvgIpc) is 3.32.